The van der Waals surface area contributed by atoms with E-state index in [4.69, 9.17) is 33.5 Å². The average Bonchev–Trinajstić information content (AvgIpc) is 2.71. The maximum absolute atomic E-state index is 5.97. The first-order valence-electron chi connectivity index (χ1n) is 5.38. The average molecular weight is 286 g/mol. The third-order valence-electron chi connectivity index (χ3n) is 2.42. The summed E-state index contributed by atoms with van der Waals surface area (Å²) < 4.78 is 5.21. The summed E-state index contributed by atoms with van der Waals surface area (Å²) in [4.78, 5) is 4.32. The van der Waals surface area contributed by atoms with Crippen LogP contribution < -0.4 is 5.73 Å². The number of hydrogen-bond donors (Lipinski definition) is 1. The van der Waals surface area contributed by atoms with Crippen molar-refractivity contribution >= 4 is 28.9 Å². The lowest BCUT2D eigenvalue weighted by Gasteiger charge is -2.11. The Kier molecular flexibility index (Phi) is 3.25. The molecule has 2 N–H and O–H groups in total. The fourth-order valence-electron chi connectivity index (χ4n) is 1.40. The number of halogens is 2. The molecule has 96 valence electrons. The van der Waals surface area contributed by atoms with Gasteiger partial charge in [0.05, 0.1) is 16.3 Å². The fourth-order valence-corrected chi connectivity index (χ4v) is 1.89. The summed E-state index contributed by atoms with van der Waals surface area (Å²) in [5, 5.41) is 4.78. The maximum atomic E-state index is 5.97. The number of anilines is 1. The van der Waals surface area contributed by atoms with Crippen LogP contribution in [0.15, 0.2) is 16.7 Å². The zero-order valence-electron chi connectivity index (χ0n) is 10.3. The summed E-state index contributed by atoms with van der Waals surface area (Å²) >= 11 is 11.9. The van der Waals surface area contributed by atoms with Crippen molar-refractivity contribution in [1.29, 1.82) is 0 Å². The molecule has 6 heteroatoms. The smallest absolute Gasteiger partial charge is 0.260 e. The van der Waals surface area contributed by atoms with Gasteiger partial charge in [-0.3, -0.25) is 0 Å². The Hall–Kier alpha value is -1.26. The van der Waals surface area contributed by atoms with Crippen LogP contribution in [0.25, 0.3) is 11.5 Å². The van der Waals surface area contributed by atoms with Crippen molar-refractivity contribution in [2.24, 2.45) is 0 Å². The minimum Gasteiger partial charge on any atom is -0.397 e. The highest BCUT2D eigenvalue weighted by molar-refractivity contribution is 6.37. The van der Waals surface area contributed by atoms with Crippen LogP contribution in [0.1, 0.15) is 26.6 Å². The van der Waals surface area contributed by atoms with Gasteiger partial charge in [-0.05, 0) is 12.1 Å². The molecule has 0 unspecified atom stereocenters. The van der Waals surface area contributed by atoms with Gasteiger partial charge in [-0.2, -0.15) is 4.98 Å². The number of nitrogen functional groups attached to an aromatic ring is 1. The highest BCUT2D eigenvalue weighted by atomic mass is 35.5. The third-order valence-corrected chi connectivity index (χ3v) is 2.95. The highest BCUT2D eigenvalue weighted by Gasteiger charge is 2.22. The molecule has 4 nitrogen and oxygen atoms in total. The van der Waals surface area contributed by atoms with Crippen molar-refractivity contribution in [2.75, 3.05) is 5.73 Å². The Morgan fingerprint density at radius 3 is 2.44 bits per heavy atom. The summed E-state index contributed by atoms with van der Waals surface area (Å²) in [6, 6.07) is 3.23. The molecular formula is C12H13Cl2N3O. The van der Waals surface area contributed by atoms with E-state index in [1.165, 1.54) is 0 Å². The lowest BCUT2D eigenvalue weighted by molar-refractivity contribution is 0.402. The Balaban J connectivity index is 2.53. The second-order valence-electron chi connectivity index (χ2n) is 5.02. The Morgan fingerprint density at radius 2 is 1.89 bits per heavy atom. The molecule has 0 radical (unpaired) electrons. The van der Waals surface area contributed by atoms with Crippen LogP contribution in [0.5, 0.6) is 0 Å². The van der Waals surface area contributed by atoms with Crippen LogP contribution in [0.2, 0.25) is 10.0 Å². The monoisotopic (exact) mass is 285 g/mol. The van der Waals surface area contributed by atoms with E-state index in [0.29, 0.717) is 33.0 Å². The van der Waals surface area contributed by atoms with Gasteiger partial charge in [-0.1, -0.05) is 49.1 Å². The van der Waals surface area contributed by atoms with E-state index in [1.807, 2.05) is 20.8 Å². The molecule has 0 saturated carbocycles. The topological polar surface area (TPSA) is 64.9 Å². The third kappa shape index (κ3) is 2.44. The van der Waals surface area contributed by atoms with Crippen molar-refractivity contribution in [3.8, 4) is 11.5 Å². The second kappa shape index (κ2) is 4.44. The van der Waals surface area contributed by atoms with Crippen LogP contribution >= 0.6 is 23.2 Å². The summed E-state index contributed by atoms with van der Waals surface area (Å²) in [6.45, 7) is 5.99. The summed E-state index contributed by atoms with van der Waals surface area (Å²) in [5.41, 5.74) is 6.62. The molecule has 2 aromatic rings. The molecule has 0 aliphatic rings. The maximum Gasteiger partial charge on any atom is 0.260 e. The zero-order chi connectivity index (χ0) is 13.5. The van der Waals surface area contributed by atoms with Crippen LogP contribution in [-0.2, 0) is 5.41 Å². The first-order chi connectivity index (χ1) is 8.29. The molecule has 0 spiro atoms. The van der Waals surface area contributed by atoms with Crippen molar-refractivity contribution in [3.05, 3.63) is 28.0 Å². The number of aromatic nitrogens is 2. The number of benzene rings is 1. The Morgan fingerprint density at radius 1 is 1.22 bits per heavy atom. The van der Waals surface area contributed by atoms with Gasteiger partial charge in [0, 0.05) is 10.4 Å². The van der Waals surface area contributed by atoms with E-state index in [9.17, 15) is 0 Å². The van der Waals surface area contributed by atoms with Gasteiger partial charge in [-0.25, -0.2) is 0 Å². The van der Waals surface area contributed by atoms with Gasteiger partial charge in [0.2, 0.25) is 0 Å². The Labute approximate surface area is 115 Å². The van der Waals surface area contributed by atoms with Gasteiger partial charge in [0.1, 0.15) is 0 Å². The van der Waals surface area contributed by atoms with Crippen molar-refractivity contribution < 1.29 is 4.52 Å². The van der Waals surface area contributed by atoms with E-state index in [2.05, 4.69) is 10.1 Å². The lowest BCUT2D eigenvalue weighted by atomic mass is 9.96. The predicted octanol–water partition coefficient (Wildman–Crippen LogP) is 3.92. The second-order valence-corrected chi connectivity index (χ2v) is 5.87. The van der Waals surface area contributed by atoms with E-state index in [0.717, 1.165) is 0 Å². The predicted molar refractivity (Wildman–Crippen MR) is 72.9 cm³/mol. The van der Waals surface area contributed by atoms with Crippen molar-refractivity contribution in [2.45, 2.75) is 26.2 Å². The molecule has 0 bridgehead atoms. The summed E-state index contributed by atoms with van der Waals surface area (Å²) in [6.07, 6.45) is 0. The van der Waals surface area contributed by atoms with Gasteiger partial charge in [0.15, 0.2) is 5.82 Å². The van der Waals surface area contributed by atoms with E-state index in [1.54, 1.807) is 12.1 Å². The number of rotatable bonds is 1. The molecule has 1 aromatic carbocycles. The first kappa shape index (κ1) is 13.2. The molecule has 0 saturated heterocycles. The van der Waals surface area contributed by atoms with Crippen LogP contribution in [0.4, 0.5) is 5.69 Å². The van der Waals surface area contributed by atoms with Crippen LogP contribution in [0, 0.1) is 0 Å². The number of nitrogens with zero attached hydrogens (tertiary/aromatic N) is 2. The van der Waals surface area contributed by atoms with Crippen LogP contribution in [-0.4, -0.2) is 10.1 Å². The van der Waals surface area contributed by atoms with Gasteiger partial charge >= 0.3 is 0 Å². The molecule has 0 amide bonds. The lowest BCUT2D eigenvalue weighted by Crippen LogP contribution is -2.13. The quantitative estimate of drug-likeness (QED) is 0.807. The van der Waals surface area contributed by atoms with Crippen molar-refractivity contribution in [1.82, 2.24) is 10.1 Å². The molecule has 2 rings (SSSR count). The minimum absolute atomic E-state index is 0.196. The van der Waals surface area contributed by atoms with E-state index >= 15 is 0 Å². The summed E-state index contributed by atoms with van der Waals surface area (Å²) in [5.74, 6) is 0.926. The molecule has 0 atom stereocenters. The van der Waals surface area contributed by atoms with Crippen LogP contribution in [0.3, 0.4) is 0 Å². The largest absolute Gasteiger partial charge is 0.397 e. The van der Waals surface area contributed by atoms with E-state index < -0.39 is 0 Å². The molecule has 0 aliphatic heterocycles. The summed E-state index contributed by atoms with van der Waals surface area (Å²) in [7, 11) is 0. The van der Waals surface area contributed by atoms with Gasteiger partial charge in [-0.15, -0.1) is 0 Å². The fraction of sp³-hybridized carbons (Fsp3) is 0.333. The Bertz CT molecular complexity index is 587. The highest BCUT2D eigenvalue weighted by Crippen LogP contribution is 2.34. The van der Waals surface area contributed by atoms with E-state index in [-0.39, 0.29) is 5.41 Å². The molecule has 0 fully saturated rings. The normalized spacial score (nSPS) is 11.8. The number of hydrogen-bond acceptors (Lipinski definition) is 4. The van der Waals surface area contributed by atoms with Gasteiger partial charge < -0.3 is 10.3 Å². The molecule has 1 heterocycles. The standard InChI is InChI=1S/C12H13Cl2N3O/c1-12(2,3)11-16-10(18-17-11)7-4-6(13)5-8(14)9(7)15/h4-5H,15H2,1-3H3. The minimum atomic E-state index is -0.196. The SMILES string of the molecule is CC(C)(C)c1noc(-c2cc(Cl)cc(Cl)c2N)n1. The molecule has 1 aromatic heterocycles. The molecule has 0 aliphatic carbocycles. The van der Waals surface area contributed by atoms with Gasteiger partial charge in [0.25, 0.3) is 5.89 Å². The zero-order valence-corrected chi connectivity index (χ0v) is 11.8. The first-order valence-corrected chi connectivity index (χ1v) is 6.13. The molecular weight excluding hydrogens is 273 g/mol. The van der Waals surface area contributed by atoms with Crippen molar-refractivity contribution in [3.63, 3.8) is 0 Å². The molecule has 18 heavy (non-hydrogen) atoms. The number of nitrogens with two attached hydrogens (primary N) is 1.